The van der Waals surface area contributed by atoms with E-state index < -0.39 is 0 Å². The van der Waals surface area contributed by atoms with Gasteiger partial charge in [-0.3, -0.25) is 4.79 Å². The van der Waals surface area contributed by atoms with E-state index >= 15 is 0 Å². The molecule has 1 aliphatic rings. The number of rotatable bonds is 5. The molecule has 0 aliphatic carbocycles. The van der Waals surface area contributed by atoms with Gasteiger partial charge in [-0.25, -0.2) is 0 Å². The molecule has 1 amide bonds. The zero-order chi connectivity index (χ0) is 17.9. The number of likely N-dealkylation sites (tertiary alicyclic amines) is 1. The maximum Gasteiger partial charge on any atom is 0.244 e. The van der Waals surface area contributed by atoms with Gasteiger partial charge >= 0.3 is 0 Å². The Labute approximate surface area is 149 Å². The van der Waals surface area contributed by atoms with Crippen molar-refractivity contribution in [3.8, 4) is 11.5 Å². The van der Waals surface area contributed by atoms with E-state index in [1.807, 2.05) is 11.8 Å². The Bertz CT molecular complexity index is 584. The highest BCUT2D eigenvalue weighted by molar-refractivity contribution is 6.32. The van der Waals surface area contributed by atoms with Crippen LogP contribution >= 0.6 is 11.6 Å². The lowest BCUT2D eigenvalue weighted by molar-refractivity contribution is -0.134. The summed E-state index contributed by atoms with van der Waals surface area (Å²) in [6.45, 7) is 7.89. The fourth-order valence-electron chi connectivity index (χ4n) is 3.38. The third-order valence-electron chi connectivity index (χ3n) is 4.40. The number of methoxy groups -OCH3 is 2. The molecule has 0 unspecified atom stereocenters. The van der Waals surface area contributed by atoms with Crippen LogP contribution < -0.4 is 14.8 Å². The molecular formula is C18H27ClN2O3. The van der Waals surface area contributed by atoms with Crippen molar-refractivity contribution in [2.24, 2.45) is 11.8 Å². The molecule has 0 aromatic heterocycles. The summed E-state index contributed by atoms with van der Waals surface area (Å²) in [5, 5.41) is 3.71. The number of halogens is 1. The Morgan fingerprint density at radius 2 is 1.79 bits per heavy atom. The largest absolute Gasteiger partial charge is 0.495 e. The lowest BCUT2D eigenvalue weighted by atomic mass is 9.91. The van der Waals surface area contributed by atoms with Crippen molar-refractivity contribution in [2.75, 3.05) is 32.6 Å². The van der Waals surface area contributed by atoms with Crippen molar-refractivity contribution < 1.29 is 14.3 Å². The second-order valence-corrected chi connectivity index (χ2v) is 7.15. The quantitative estimate of drug-likeness (QED) is 0.876. The molecule has 2 rings (SSSR count). The van der Waals surface area contributed by atoms with E-state index in [4.69, 9.17) is 21.1 Å². The minimum atomic E-state index is -0.359. The van der Waals surface area contributed by atoms with Crippen LogP contribution in [-0.2, 0) is 4.79 Å². The zero-order valence-corrected chi connectivity index (χ0v) is 15.8. The smallest absolute Gasteiger partial charge is 0.244 e. The van der Waals surface area contributed by atoms with Crippen LogP contribution in [-0.4, -0.2) is 44.2 Å². The molecule has 24 heavy (non-hydrogen) atoms. The van der Waals surface area contributed by atoms with Gasteiger partial charge in [-0.15, -0.1) is 0 Å². The second kappa shape index (κ2) is 7.97. The van der Waals surface area contributed by atoms with Crippen LogP contribution in [0.15, 0.2) is 12.1 Å². The maximum atomic E-state index is 12.8. The predicted octanol–water partition coefficient (Wildman–Crippen LogP) is 3.66. The topological polar surface area (TPSA) is 50.8 Å². The lowest BCUT2D eigenvalue weighted by Gasteiger charge is -2.36. The molecule has 6 heteroatoms. The first-order chi connectivity index (χ1) is 11.3. The van der Waals surface area contributed by atoms with Crippen LogP contribution in [0.1, 0.15) is 27.2 Å². The summed E-state index contributed by atoms with van der Waals surface area (Å²) < 4.78 is 10.6. The van der Waals surface area contributed by atoms with Crippen molar-refractivity contribution in [2.45, 2.75) is 33.2 Å². The summed E-state index contributed by atoms with van der Waals surface area (Å²) in [7, 11) is 3.13. The number of hydrogen-bond acceptors (Lipinski definition) is 4. The number of hydrogen-bond donors (Lipinski definition) is 1. The van der Waals surface area contributed by atoms with Gasteiger partial charge in [0.25, 0.3) is 0 Å². The van der Waals surface area contributed by atoms with Gasteiger partial charge in [0, 0.05) is 25.2 Å². The maximum absolute atomic E-state index is 12.8. The van der Waals surface area contributed by atoms with Crippen LogP contribution in [0.25, 0.3) is 0 Å². The molecule has 1 heterocycles. The molecule has 0 radical (unpaired) electrons. The number of amides is 1. The number of benzene rings is 1. The van der Waals surface area contributed by atoms with Gasteiger partial charge in [0.2, 0.25) is 5.91 Å². The van der Waals surface area contributed by atoms with Crippen LogP contribution in [0.2, 0.25) is 5.02 Å². The van der Waals surface area contributed by atoms with Gasteiger partial charge in [0.1, 0.15) is 17.5 Å². The summed E-state index contributed by atoms with van der Waals surface area (Å²) in [5.41, 5.74) is 0.692. The van der Waals surface area contributed by atoms with E-state index in [0.717, 1.165) is 13.1 Å². The van der Waals surface area contributed by atoms with E-state index in [9.17, 15) is 4.79 Å². The first-order valence-electron chi connectivity index (χ1n) is 8.32. The first kappa shape index (κ1) is 18.7. The highest BCUT2D eigenvalue weighted by atomic mass is 35.5. The highest BCUT2D eigenvalue weighted by Crippen LogP contribution is 2.36. The van der Waals surface area contributed by atoms with Gasteiger partial charge in [-0.05, 0) is 25.2 Å². The van der Waals surface area contributed by atoms with Crippen molar-refractivity contribution in [1.29, 1.82) is 0 Å². The molecule has 1 aromatic rings. The summed E-state index contributed by atoms with van der Waals surface area (Å²) in [6, 6.07) is 3.08. The van der Waals surface area contributed by atoms with Gasteiger partial charge < -0.3 is 19.7 Å². The number of nitrogens with zero attached hydrogens (tertiary/aromatic N) is 1. The van der Waals surface area contributed by atoms with E-state index in [2.05, 4.69) is 19.2 Å². The Morgan fingerprint density at radius 1 is 1.21 bits per heavy atom. The van der Waals surface area contributed by atoms with Gasteiger partial charge in [0.05, 0.1) is 24.9 Å². The number of carbonyl (C=O) groups excluding carboxylic acids is 1. The first-order valence-corrected chi connectivity index (χ1v) is 8.70. The molecular weight excluding hydrogens is 328 g/mol. The lowest BCUT2D eigenvalue weighted by Crippen LogP contribution is -2.48. The minimum Gasteiger partial charge on any atom is -0.495 e. The molecule has 0 saturated carbocycles. The molecule has 1 saturated heterocycles. The second-order valence-electron chi connectivity index (χ2n) is 6.74. The van der Waals surface area contributed by atoms with E-state index in [-0.39, 0.29) is 11.9 Å². The molecule has 1 N–H and O–H groups in total. The normalized spacial score (nSPS) is 22.0. The third kappa shape index (κ3) is 4.26. The molecule has 1 aliphatic heterocycles. The fourth-order valence-corrected chi connectivity index (χ4v) is 3.62. The minimum absolute atomic E-state index is 0.101. The highest BCUT2D eigenvalue weighted by Gasteiger charge is 2.28. The Kier molecular flexibility index (Phi) is 6.21. The number of ether oxygens (including phenoxy) is 2. The van der Waals surface area contributed by atoms with Crippen molar-refractivity contribution >= 4 is 23.2 Å². The molecule has 0 spiro atoms. The molecule has 5 nitrogen and oxygen atoms in total. The van der Waals surface area contributed by atoms with E-state index in [0.29, 0.717) is 34.0 Å². The van der Waals surface area contributed by atoms with E-state index in [1.54, 1.807) is 26.4 Å². The zero-order valence-electron chi connectivity index (χ0n) is 15.1. The summed E-state index contributed by atoms with van der Waals surface area (Å²) in [5.74, 6) is 2.30. The number of carbonyl (C=O) groups is 1. The van der Waals surface area contributed by atoms with Crippen LogP contribution in [0, 0.1) is 11.8 Å². The summed E-state index contributed by atoms with van der Waals surface area (Å²) in [6.07, 6.45) is 1.17. The van der Waals surface area contributed by atoms with Crippen LogP contribution in [0.4, 0.5) is 5.69 Å². The Hall–Kier alpha value is -1.62. The average Bonchev–Trinajstić information content (AvgIpc) is 2.54. The third-order valence-corrected chi connectivity index (χ3v) is 4.69. The molecule has 3 atom stereocenters. The number of piperidine rings is 1. The molecule has 1 fully saturated rings. The average molecular weight is 355 g/mol. The molecule has 0 bridgehead atoms. The monoisotopic (exact) mass is 354 g/mol. The fraction of sp³-hybridized carbons (Fsp3) is 0.611. The van der Waals surface area contributed by atoms with Crippen molar-refractivity contribution in [3.63, 3.8) is 0 Å². The molecule has 1 aromatic carbocycles. The van der Waals surface area contributed by atoms with Crippen molar-refractivity contribution in [3.05, 3.63) is 17.2 Å². The standard InChI is InChI=1S/C18H27ClN2O3/c1-11-6-12(2)10-21(9-11)18(22)13(3)20-15-8-16(23-4)14(19)7-17(15)24-5/h7-8,11-13,20H,6,9-10H2,1-5H3/t11-,12+,13-/m0/s1. The van der Waals surface area contributed by atoms with Gasteiger partial charge in [0.15, 0.2) is 0 Å². The summed E-state index contributed by atoms with van der Waals surface area (Å²) >= 11 is 6.13. The predicted molar refractivity (Wildman–Crippen MR) is 97.2 cm³/mol. The van der Waals surface area contributed by atoms with Crippen molar-refractivity contribution in [1.82, 2.24) is 4.90 Å². The Morgan fingerprint density at radius 3 is 2.33 bits per heavy atom. The van der Waals surface area contributed by atoms with Gasteiger partial charge in [-0.2, -0.15) is 0 Å². The van der Waals surface area contributed by atoms with E-state index in [1.165, 1.54) is 6.42 Å². The summed E-state index contributed by atoms with van der Waals surface area (Å²) in [4.78, 5) is 14.7. The van der Waals surface area contributed by atoms with Crippen LogP contribution in [0.3, 0.4) is 0 Å². The number of nitrogens with one attached hydrogen (secondary N) is 1. The van der Waals surface area contributed by atoms with Crippen LogP contribution in [0.5, 0.6) is 11.5 Å². The number of anilines is 1. The SMILES string of the molecule is COc1cc(N[C@@H](C)C(=O)N2C[C@H](C)C[C@H](C)C2)c(OC)cc1Cl. The van der Waals surface area contributed by atoms with Gasteiger partial charge in [-0.1, -0.05) is 25.4 Å². The Balaban J connectivity index is 2.13. The molecule has 134 valence electrons.